The number of pyridine rings is 1. The van der Waals surface area contributed by atoms with Gasteiger partial charge < -0.3 is 14.8 Å². The standard InChI is InChI=1S/C14H13N3O4/c18-11-5-4-10(12(19)7-11)8-15-16-13(20)9-17-6-2-1-3-14(17)21/h1-8,18-19H,9H2,(H,16,20)/b15-8+. The summed E-state index contributed by atoms with van der Waals surface area (Å²) in [5, 5.41) is 22.3. The van der Waals surface area contributed by atoms with Crippen molar-refractivity contribution in [1.82, 2.24) is 9.99 Å². The lowest BCUT2D eigenvalue weighted by molar-refractivity contribution is -0.121. The number of hydrogen-bond acceptors (Lipinski definition) is 5. The van der Waals surface area contributed by atoms with E-state index in [4.69, 9.17) is 5.11 Å². The summed E-state index contributed by atoms with van der Waals surface area (Å²) >= 11 is 0. The lowest BCUT2D eigenvalue weighted by Crippen LogP contribution is -2.28. The molecule has 1 aromatic heterocycles. The molecule has 3 N–H and O–H groups in total. The molecule has 7 heteroatoms. The molecule has 2 aromatic rings. The first-order chi connectivity index (χ1) is 10.1. The molecule has 0 aliphatic rings. The van der Waals surface area contributed by atoms with Crippen LogP contribution in [-0.4, -0.2) is 26.9 Å². The second-order valence-corrected chi connectivity index (χ2v) is 4.20. The number of hydrazone groups is 1. The van der Waals surface area contributed by atoms with Gasteiger partial charge in [0.1, 0.15) is 18.0 Å². The van der Waals surface area contributed by atoms with Gasteiger partial charge in [-0.05, 0) is 18.2 Å². The van der Waals surface area contributed by atoms with Crippen LogP contribution in [0.1, 0.15) is 5.56 Å². The second kappa shape index (κ2) is 6.38. The summed E-state index contributed by atoms with van der Waals surface area (Å²) in [4.78, 5) is 23.0. The van der Waals surface area contributed by atoms with Gasteiger partial charge in [0.25, 0.3) is 11.5 Å². The summed E-state index contributed by atoms with van der Waals surface area (Å²) in [6.07, 6.45) is 2.73. The van der Waals surface area contributed by atoms with Crippen LogP contribution in [0.25, 0.3) is 0 Å². The molecule has 7 nitrogen and oxygen atoms in total. The van der Waals surface area contributed by atoms with Gasteiger partial charge in [0.2, 0.25) is 0 Å². The van der Waals surface area contributed by atoms with Crippen molar-refractivity contribution in [2.45, 2.75) is 6.54 Å². The van der Waals surface area contributed by atoms with E-state index in [9.17, 15) is 14.7 Å². The molecule has 0 atom stereocenters. The van der Waals surface area contributed by atoms with Crippen LogP contribution in [0.15, 0.2) is 52.5 Å². The number of rotatable bonds is 4. The Labute approximate surface area is 119 Å². The molecule has 1 aromatic carbocycles. The first-order valence-corrected chi connectivity index (χ1v) is 6.05. The number of amides is 1. The molecule has 0 unspecified atom stereocenters. The van der Waals surface area contributed by atoms with Crippen LogP contribution in [0.2, 0.25) is 0 Å². The smallest absolute Gasteiger partial charge is 0.260 e. The SMILES string of the molecule is O=C(Cn1ccccc1=O)N/N=C/c1ccc(O)cc1O. The van der Waals surface area contributed by atoms with Crippen LogP contribution < -0.4 is 11.0 Å². The first kappa shape index (κ1) is 14.3. The number of carbonyl (C=O) groups excluding carboxylic acids is 1. The number of aromatic nitrogens is 1. The molecule has 0 saturated carbocycles. The molecule has 21 heavy (non-hydrogen) atoms. The maximum Gasteiger partial charge on any atom is 0.260 e. The van der Waals surface area contributed by atoms with Gasteiger partial charge in [0.15, 0.2) is 0 Å². The Morgan fingerprint density at radius 3 is 2.81 bits per heavy atom. The number of nitrogens with one attached hydrogen (secondary N) is 1. The van der Waals surface area contributed by atoms with Crippen molar-refractivity contribution in [1.29, 1.82) is 0 Å². The van der Waals surface area contributed by atoms with E-state index in [1.54, 1.807) is 12.1 Å². The van der Waals surface area contributed by atoms with E-state index in [1.165, 1.54) is 35.2 Å². The van der Waals surface area contributed by atoms with Crippen molar-refractivity contribution >= 4 is 12.1 Å². The van der Waals surface area contributed by atoms with E-state index in [1.807, 2.05) is 0 Å². The maximum absolute atomic E-state index is 11.6. The molecule has 0 radical (unpaired) electrons. The van der Waals surface area contributed by atoms with E-state index < -0.39 is 5.91 Å². The summed E-state index contributed by atoms with van der Waals surface area (Å²) in [5.74, 6) is -0.706. The zero-order chi connectivity index (χ0) is 15.2. The molecular formula is C14H13N3O4. The lowest BCUT2D eigenvalue weighted by Gasteiger charge is -2.03. The van der Waals surface area contributed by atoms with Gasteiger partial charge in [-0.1, -0.05) is 6.07 Å². The summed E-state index contributed by atoms with van der Waals surface area (Å²) in [5.41, 5.74) is 2.30. The van der Waals surface area contributed by atoms with Gasteiger partial charge in [-0.2, -0.15) is 5.10 Å². The number of nitrogens with zero attached hydrogens (tertiary/aromatic N) is 2. The number of hydrogen-bond donors (Lipinski definition) is 3. The second-order valence-electron chi connectivity index (χ2n) is 4.20. The summed E-state index contributed by atoms with van der Waals surface area (Å²) in [6.45, 7) is -0.154. The number of aromatic hydroxyl groups is 2. The third-order valence-corrected chi connectivity index (χ3v) is 2.62. The Morgan fingerprint density at radius 2 is 2.10 bits per heavy atom. The van der Waals surface area contributed by atoms with Crippen molar-refractivity contribution in [3.8, 4) is 11.5 Å². The van der Waals surface area contributed by atoms with E-state index in [0.717, 1.165) is 6.07 Å². The highest BCUT2D eigenvalue weighted by molar-refractivity contribution is 5.85. The average Bonchev–Trinajstić information content (AvgIpc) is 2.44. The van der Waals surface area contributed by atoms with Gasteiger partial charge in [0.05, 0.1) is 6.21 Å². The monoisotopic (exact) mass is 287 g/mol. The maximum atomic E-state index is 11.6. The molecule has 108 valence electrons. The van der Waals surface area contributed by atoms with E-state index in [2.05, 4.69) is 10.5 Å². The number of benzene rings is 1. The van der Waals surface area contributed by atoms with Crippen LogP contribution in [0.5, 0.6) is 11.5 Å². The fourth-order valence-electron chi connectivity index (χ4n) is 1.60. The minimum Gasteiger partial charge on any atom is -0.508 e. The third-order valence-electron chi connectivity index (χ3n) is 2.62. The molecule has 1 heterocycles. The third kappa shape index (κ3) is 3.93. The molecule has 2 rings (SSSR count). The largest absolute Gasteiger partial charge is 0.508 e. The minimum atomic E-state index is -0.474. The van der Waals surface area contributed by atoms with Gasteiger partial charge in [0, 0.05) is 23.9 Å². The Bertz CT molecular complexity index is 737. The first-order valence-electron chi connectivity index (χ1n) is 6.05. The lowest BCUT2D eigenvalue weighted by atomic mass is 10.2. The van der Waals surface area contributed by atoms with Crippen molar-refractivity contribution in [2.75, 3.05) is 0 Å². The molecule has 0 fully saturated rings. The highest BCUT2D eigenvalue weighted by Gasteiger charge is 2.03. The Kier molecular flexibility index (Phi) is 4.35. The molecule has 0 saturated heterocycles. The van der Waals surface area contributed by atoms with Crippen molar-refractivity contribution < 1.29 is 15.0 Å². The van der Waals surface area contributed by atoms with E-state index in [0.29, 0.717) is 5.56 Å². The van der Waals surface area contributed by atoms with Gasteiger partial charge in [-0.15, -0.1) is 0 Å². The predicted molar refractivity (Wildman–Crippen MR) is 76.2 cm³/mol. The van der Waals surface area contributed by atoms with Crippen molar-refractivity contribution in [2.24, 2.45) is 5.10 Å². The fraction of sp³-hybridized carbons (Fsp3) is 0.0714. The molecule has 0 aliphatic heterocycles. The molecule has 0 bridgehead atoms. The normalized spacial score (nSPS) is 10.7. The van der Waals surface area contributed by atoms with Gasteiger partial charge >= 0.3 is 0 Å². The Morgan fingerprint density at radius 1 is 1.29 bits per heavy atom. The summed E-state index contributed by atoms with van der Waals surface area (Å²) in [6, 6.07) is 8.57. The highest BCUT2D eigenvalue weighted by atomic mass is 16.3. The molecule has 1 amide bonds. The Balaban J connectivity index is 1.96. The zero-order valence-electron chi connectivity index (χ0n) is 10.9. The van der Waals surface area contributed by atoms with Gasteiger partial charge in [-0.3, -0.25) is 9.59 Å². The van der Waals surface area contributed by atoms with Crippen LogP contribution in [0.4, 0.5) is 0 Å². The van der Waals surface area contributed by atoms with Crippen molar-refractivity contribution in [3.05, 3.63) is 58.5 Å². The topological polar surface area (TPSA) is 104 Å². The number of carbonyl (C=O) groups is 1. The summed E-state index contributed by atoms with van der Waals surface area (Å²) in [7, 11) is 0. The predicted octanol–water partition coefficient (Wildman–Crippen LogP) is 0.410. The van der Waals surface area contributed by atoms with E-state index >= 15 is 0 Å². The zero-order valence-corrected chi connectivity index (χ0v) is 10.9. The van der Waals surface area contributed by atoms with Crippen LogP contribution in [0.3, 0.4) is 0 Å². The minimum absolute atomic E-state index is 0.0721. The van der Waals surface area contributed by atoms with Crippen molar-refractivity contribution in [3.63, 3.8) is 0 Å². The fourth-order valence-corrected chi connectivity index (χ4v) is 1.60. The molecule has 0 spiro atoms. The molecular weight excluding hydrogens is 274 g/mol. The van der Waals surface area contributed by atoms with Crippen LogP contribution in [-0.2, 0) is 11.3 Å². The summed E-state index contributed by atoms with van der Waals surface area (Å²) < 4.78 is 1.24. The van der Waals surface area contributed by atoms with Crippen LogP contribution in [0, 0.1) is 0 Å². The van der Waals surface area contributed by atoms with E-state index in [-0.39, 0.29) is 23.6 Å². The number of phenolic OH excluding ortho intramolecular Hbond substituents is 2. The molecule has 0 aliphatic carbocycles. The highest BCUT2D eigenvalue weighted by Crippen LogP contribution is 2.20. The quantitative estimate of drug-likeness (QED) is 0.559. The van der Waals surface area contributed by atoms with Crippen LogP contribution >= 0.6 is 0 Å². The number of phenols is 2. The van der Waals surface area contributed by atoms with Gasteiger partial charge in [-0.25, -0.2) is 5.43 Å². The Hall–Kier alpha value is -3.09. The average molecular weight is 287 g/mol.